The van der Waals surface area contributed by atoms with Gasteiger partial charge in [-0.3, -0.25) is 4.79 Å². The Bertz CT molecular complexity index is 666. The summed E-state index contributed by atoms with van der Waals surface area (Å²) in [7, 11) is 1.95. The Morgan fingerprint density at radius 2 is 2.05 bits per heavy atom. The van der Waals surface area contributed by atoms with Gasteiger partial charge in [-0.25, -0.2) is 4.98 Å². The summed E-state index contributed by atoms with van der Waals surface area (Å²) in [5.41, 5.74) is 2.82. The van der Waals surface area contributed by atoms with Crippen molar-refractivity contribution in [1.29, 1.82) is 0 Å². The van der Waals surface area contributed by atoms with Crippen molar-refractivity contribution in [1.82, 2.24) is 14.5 Å². The van der Waals surface area contributed by atoms with E-state index in [-0.39, 0.29) is 5.91 Å². The Hall–Kier alpha value is -1.33. The third-order valence-electron chi connectivity index (χ3n) is 3.58. The van der Waals surface area contributed by atoms with E-state index in [1.165, 1.54) is 0 Å². The van der Waals surface area contributed by atoms with Gasteiger partial charge in [0.15, 0.2) is 4.73 Å². The van der Waals surface area contributed by atoms with Crippen LogP contribution in [0.1, 0.15) is 21.7 Å². The Kier molecular flexibility index (Phi) is 3.56. The highest BCUT2D eigenvalue weighted by Gasteiger charge is 2.25. The van der Waals surface area contributed by atoms with E-state index in [0.29, 0.717) is 23.7 Å². The Balaban J connectivity index is 1.84. The number of aromatic nitrogens is 2. The molecule has 1 aromatic heterocycles. The second-order valence-corrected chi connectivity index (χ2v) is 5.96. The lowest BCUT2D eigenvalue weighted by Crippen LogP contribution is -2.36. The normalized spacial score (nSPS) is 14.2. The molecule has 20 heavy (non-hydrogen) atoms. The smallest absolute Gasteiger partial charge is 0.254 e. The molecule has 1 amide bonds. The Morgan fingerprint density at radius 1 is 1.35 bits per heavy atom. The van der Waals surface area contributed by atoms with Crippen LogP contribution in [-0.2, 0) is 20.0 Å². The van der Waals surface area contributed by atoms with Gasteiger partial charge in [0.05, 0.1) is 17.9 Å². The number of amides is 1. The zero-order valence-corrected chi connectivity index (χ0v) is 13.3. The summed E-state index contributed by atoms with van der Waals surface area (Å²) in [5, 5.41) is 0.637. The van der Waals surface area contributed by atoms with E-state index in [9.17, 15) is 4.79 Å². The van der Waals surface area contributed by atoms with Crippen LogP contribution in [0.2, 0.25) is 5.02 Å². The van der Waals surface area contributed by atoms with E-state index in [0.717, 1.165) is 22.5 Å². The van der Waals surface area contributed by atoms with Gasteiger partial charge in [0.25, 0.3) is 5.91 Å². The van der Waals surface area contributed by atoms with E-state index < -0.39 is 0 Å². The number of imidazole rings is 1. The maximum atomic E-state index is 12.5. The van der Waals surface area contributed by atoms with Gasteiger partial charge < -0.3 is 9.47 Å². The first kappa shape index (κ1) is 13.6. The number of rotatable bonds is 1. The number of benzene rings is 1. The molecule has 2 aromatic rings. The van der Waals surface area contributed by atoms with Crippen molar-refractivity contribution in [2.45, 2.75) is 13.0 Å². The lowest BCUT2D eigenvalue weighted by atomic mass is 10.1. The first-order valence-electron chi connectivity index (χ1n) is 6.31. The second-order valence-electron chi connectivity index (χ2n) is 4.82. The van der Waals surface area contributed by atoms with Crippen molar-refractivity contribution in [2.75, 3.05) is 6.54 Å². The third-order valence-corrected chi connectivity index (χ3v) is 4.54. The van der Waals surface area contributed by atoms with E-state index in [1.54, 1.807) is 24.3 Å². The maximum Gasteiger partial charge on any atom is 0.254 e. The van der Waals surface area contributed by atoms with Gasteiger partial charge in [0.1, 0.15) is 0 Å². The molecule has 0 radical (unpaired) electrons. The Labute approximate surface area is 130 Å². The number of nitrogens with zero attached hydrogens (tertiary/aromatic N) is 3. The van der Waals surface area contributed by atoms with E-state index in [2.05, 4.69) is 20.9 Å². The van der Waals surface area contributed by atoms with Crippen molar-refractivity contribution < 1.29 is 4.79 Å². The highest BCUT2D eigenvalue weighted by atomic mass is 79.9. The molecular weight excluding hydrogens is 342 g/mol. The van der Waals surface area contributed by atoms with Crippen LogP contribution >= 0.6 is 27.5 Å². The number of fused-ring (bicyclic) bond motifs is 1. The van der Waals surface area contributed by atoms with E-state index in [4.69, 9.17) is 11.6 Å². The van der Waals surface area contributed by atoms with Crippen LogP contribution in [0.3, 0.4) is 0 Å². The molecule has 1 aliphatic rings. The summed E-state index contributed by atoms with van der Waals surface area (Å²) in [6.45, 7) is 1.28. The first-order valence-corrected chi connectivity index (χ1v) is 7.48. The lowest BCUT2D eigenvalue weighted by Gasteiger charge is -2.27. The molecule has 1 aromatic carbocycles. The van der Waals surface area contributed by atoms with Crippen molar-refractivity contribution in [3.05, 3.63) is 51.0 Å². The molecule has 0 saturated heterocycles. The van der Waals surface area contributed by atoms with Crippen LogP contribution in [0.4, 0.5) is 0 Å². The van der Waals surface area contributed by atoms with Gasteiger partial charge in [0, 0.05) is 30.6 Å². The van der Waals surface area contributed by atoms with Gasteiger partial charge in [-0.05, 0) is 40.2 Å². The van der Waals surface area contributed by atoms with Crippen molar-refractivity contribution in [3.63, 3.8) is 0 Å². The number of hydrogen-bond donors (Lipinski definition) is 0. The highest BCUT2D eigenvalue weighted by molar-refractivity contribution is 9.10. The van der Waals surface area contributed by atoms with Gasteiger partial charge >= 0.3 is 0 Å². The van der Waals surface area contributed by atoms with Crippen LogP contribution in [0.25, 0.3) is 0 Å². The fourth-order valence-corrected chi connectivity index (χ4v) is 2.96. The molecule has 3 rings (SSSR count). The van der Waals surface area contributed by atoms with Crippen LogP contribution in [0.15, 0.2) is 29.0 Å². The minimum atomic E-state index is 0.0321. The van der Waals surface area contributed by atoms with Gasteiger partial charge in [-0.15, -0.1) is 0 Å². The van der Waals surface area contributed by atoms with E-state index in [1.807, 2.05) is 16.5 Å². The monoisotopic (exact) mass is 353 g/mol. The fourth-order valence-electron chi connectivity index (χ4n) is 2.40. The molecule has 6 heteroatoms. The lowest BCUT2D eigenvalue weighted by molar-refractivity contribution is 0.0730. The van der Waals surface area contributed by atoms with Crippen molar-refractivity contribution >= 4 is 33.4 Å². The average molecular weight is 355 g/mol. The zero-order chi connectivity index (χ0) is 14.3. The standard InChI is InChI=1S/C14H13BrClN3O/c1-18-12-8-19(7-6-11(12)17-14(18)15)13(20)9-2-4-10(16)5-3-9/h2-5H,6-8H2,1H3. The molecule has 0 unspecified atom stereocenters. The fraction of sp³-hybridized carbons (Fsp3) is 0.286. The molecule has 0 bridgehead atoms. The van der Waals surface area contributed by atoms with Crippen LogP contribution < -0.4 is 0 Å². The van der Waals surface area contributed by atoms with E-state index >= 15 is 0 Å². The van der Waals surface area contributed by atoms with Gasteiger partial charge in [-0.1, -0.05) is 11.6 Å². The largest absolute Gasteiger partial charge is 0.332 e. The van der Waals surface area contributed by atoms with Crippen molar-refractivity contribution in [3.8, 4) is 0 Å². The number of carbonyl (C=O) groups excluding carboxylic acids is 1. The summed E-state index contributed by atoms with van der Waals surface area (Å²) < 4.78 is 2.79. The molecule has 0 fully saturated rings. The zero-order valence-electron chi connectivity index (χ0n) is 10.9. The summed E-state index contributed by atoms with van der Waals surface area (Å²) in [4.78, 5) is 18.8. The van der Waals surface area contributed by atoms with Crippen LogP contribution in [0.5, 0.6) is 0 Å². The number of halogens is 2. The minimum absolute atomic E-state index is 0.0321. The molecule has 104 valence electrons. The molecule has 0 spiro atoms. The average Bonchev–Trinajstić information content (AvgIpc) is 2.74. The molecule has 0 saturated carbocycles. The predicted molar refractivity (Wildman–Crippen MR) is 80.8 cm³/mol. The molecule has 2 heterocycles. The topological polar surface area (TPSA) is 38.1 Å². The van der Waals surface area contributed by atoms with Crippen LogP contribution in [0, 0.1) is 0 Å². The molecule has 1 aliphatic heterocycles. The molecule has 0 aliphatic carbocycles. The van der Waals surface area contributed by atoms with Gasteiger partial charge in [-0.2, -0.15) is 0 Å². The summed E-state index contributed by atoms with van der Waals surface area (Å²) in [6.07, 6.45) is 0.786. The highest BCUT2D eigenvalue weighted by Crippen LogP contribution is 2.23. The molecule has 0 atom stereocenters. The van der Waals surface area contributed by atoms with Crippen molar-refractivity contribution in [2.24, 2.45) is 7.05 Å². The number of hydrogen-bond acceptors (Lipinski definition) is 2. The predicted octanol–water partition coefficient (Wildman–Crippen LogP) is 3.03. The molecule has 0 N–H and O–H groups in total. The van der Waals surface area contributed by atoms with Crippen LogP contribution in [-0.4, -0.2) is 26.9 Å². The number of carbonyl (C=O) groups is 1. The quantitative estimate of drug-likeness (QED) is 0.789. The summed E-state index contributed by atoms with van der Waals surface area (Å²) >= 11 is 9.27. The summed E-state index contributed by atoms with van der Waals surface area (Å²) in [5.74, 6) is 0.0321. The first-order chi connectivity index (χ1) is 9.56. The minimum Gasteiger partial charge on any atom is -0.332 e. The summed E-state index contributed by atoms with van der Waals surface area (Å²) in [6, 6.07) is 7.01. The molecule has 4 nitrogen and oxygen atoms in total. The van der Waals surface area contributed by atoms with Gasteiger partial charge in [0.2, 0.25) is 0 Å². The second kappa shape index (κ2) is 5.22. The Morgan fingerprint density at radius 3 is 2.75 bits per heavy atom. The SMILES string of the molecule is Cn1c(Br)nc2c1CN(C(=O)c1ccc(Cl)cc1)CC2. The maximum absolute atomic E-state index is 12.5. The molecular formula is C14H13BrClN3O. The third kappa shape index (κ3) is 2.36.